The Morgan fingerprint density at radius 2 is 2.19 bits per heavy atom. The fourth-order valence-electron chi connectivity index (χ4n) is 1.62. The van der Waals surface area contributed by atoms with Crippen LogP contribution in [0.5, 0.6) is 0 Å². The normalized spacial score (nSPS) is 9.81. The first-order valence-corrected chi connectivity index (χ1v) is 7.38. The van der Waals surface area contributed by atoms with Crippen LogP contribution >= 0.6 is 11.3 Å². The zero-order valence-electron chi connectivity index (χ0n) is 11.6. The van der Waals surface area contributed by atoms with Crippen LogP contribution in [0.15, 0.2) is 24.3 Å². The number of rotatable bonds is 4. The summed E-state index contributed by atoms with van der Waals surface area (Å²) in [6.07, 6.45) is 1.17. The molecule has 108 valence electrons. The summed E-state index contributed by atoms with van der Waals surface area (Å²) in [4.78, 5) is 12.3. The van der Waals surface area contributed by atoms with Gasteiger partial charge in [0, 0.05) is 12.0 Å². The van der Waals surface area contributed by atoms with Gasteiger partial charge in [0.2, 0.25) is 5.13 Å². The Labute approximate surface area is 127 Å². The Morgan fingerprint density at radius 1 is 1.38 bits per heavy atom. The number of amides is 1. The highest BCUT2D eigenvalue weighted by Crippen LogP contribution is 2.17. The molecule has 1 heterocycles. The van der Waals surface area contributed by atoms with E-state index in [9.17, 15) is 4.79 Å². The first-order valence-electron chi connectivity index (χ1n) is 6.57. The highest BCUT2D eigenvalue weighted by Gasteiger charge is 2.12. The molecule has 5 nitrogen and oxygen atoms in total. The Bertz CT molecular complexity index is 685. The zero-order valence-corrected chi connectivity index (χ0v) is 12.4. The lowest BCUT2D eigenvalue weighted by Gasteiger charge is -2.03. The van der Waals surface area contributed by atoms with E-state index in [2.05, 4.69) is 27.4 Å². The van der Waals surface area contributed by atoms with Gasteiger partial charge in [-0.1, -0.05) is 42.2 Å². The van der Waals surface area contributed by atoms with Gasteiger partial charge in [-0.25, -0.2) is 0 Å². The molecular formula is C15H15N3O2S. The summed E-state index contributed by atoms with van der Waals surface area (Å²) in [6.45, 7) is 1.99. The van der Waals surface area contributed by atoms with Crippen molar-refractivity contribution in [1.82, 2.24) is 10.2 Å². The number of aryl methyl sites for hydroxylation is 1. The number of carbonyl (C=O) groups is 1. The first-order chi connectivity index (χ1) is 10.2. The molecule has 6 heteroatoms. The van der Waals surface area contributed by atoms with Crippen molar-refractivity contribution in [3.63, 3.8) is 0 Å². The average Bonchev–Trinajstić information content (AvgIpc) is 2.95. The van der Waals surface area contributed by atoms with E-state index in [1.807, 2.05) is 13.0 Å². The number of carbonyl (C=O) groups excluding carboxylic acids is 1. The van der Waals surface area contributed by atoms with Crippen molar-refractivity contribution in [2.45, 2.75) is 19.8 Å². The standard InChI is InChI=1S/C15H15N3O2S/c1-2-13-17-18-15(21-13)16-14(20)12-9-4-3-7-11(12)8-5-6-10-19/h3-4,7,9,19H,2,6,10H2,1H3,(H,16,18,20). The highest BCUT2D eigenvalue weighted by atomic mass is 32.1. The van der Waals surface area contributed by atoms with E-state index in [0.29, 0.717) is 22.7 Å². The molecule has 0 atom stereocenters. The Kier molecular flexibility index (Phi) is 5.43. The van der Waals surface area contributed by atoms with Crippen molar-refractivity contribution in [1.29, 1.82) is 0 Å². The molecule has 21 heavy (non-hydrogen) atoms. The molecule has 1 aromatic heterocycles. The minimum atomic E-state index is -0.261. The van der Waals surface area contributed by atoms with Gasteiger partial charge >= 0.3 is 0 Å². The SMILES string of the molecule is CCc1nnc(NC(=O)c2ccccc2C#CCCO)s1. The monoisotopic (exact) mass is 301 g/mol. The second kappa shape index (κ2) is 7.53. The van der Waals surface area contributed by atoms with Crippen molar-refractivity contribution in [2.75, 3.05) is 11.9 Å². The summed E-state index contributed by atoms with van der Waals surface area (Å²) < 4.78 is 0. The number of hydrogen-bond donors (Lipinski definition) is 2. The quantitative estimate of drug-likeness (QED) is 0.848. The van der Waals surface area contributed by atoms with Gasteiger partial charge in [-0.3, -0.25) is 10.1 Å². The molecule has 2 rings (SSSR count). The number of benzene rings is 1. The lowest BCUT2D eigenvalue weighted by atomic mass is 10.1. The lowest BCUT2D eigenvalue weighted by Crippen LogP contribution is -2.13. The van der Waals surface area contributed by atoms with Crippen LogP contribution in [-0.2, 0) is 6.42 Å². The third-order valence-corrected chi connectivity index (χ3v) is 3.60. The number of nitrogens with one attached hydrogen (secondary N) is 1. The summed E-state index contributed by atoms with van der Waals surface area (Å²) in [5.41, 5.74) is 1.11. The van der Waals surface area contributed by atoms with Gasteiger partial charge in [0.1, 0.15) is 5.01 Å². The summed E-state index contributed by atoms with van der Waals surface area (Å²) in [5.74, 6) is 5.45. The van der Waals surface area contributed by atoms with E-state index >= 15 is 0 Å². The lowest BCUT2D eigenvalue weighted by molar-refractivity contribution is 0.102. The topological polar surface area (TPSA) is 75.1 Å². The summed E-state index contributed by atoms with van der Waals surface area (Å²) in [5, 5.41) is 20.7. The summed E-state index contributed by atoms with van der Waals surface area (Å²) in [7, 11) is 0. The molecular weight excluding hydrogens is 286 g/mol. The fraction of sp³-hybridized carbons (Fsp3) is 0.267. The van der Waals surface area contributed by atoms with Gasteiger partial charge < -0.3 is 5.11 Å². The van der Waals surface area contributed by atoms with Crippen LogP contribution in [-0.4, -0.2) is 27.8 Å². The molecule has 0 aliphatic heterocycles. The summed E-state index contributed by atoms with van der Waals surface area (Å²) >= 11 is 1.36. The fourth-order valence-corrected chi connectivity index (χ4v) is 2.29. The maximum Gasteiger partial charge on any atom is 0.258 e. The number of aliphatic hydroxyl groups is 1. The van der Waals surface area contributed by atoms with Crippen LogP contribution in [0.4, 0.5) is 5.13 Å². The van der Waals surface area contributed by atoms with Gasteiger partial charge in [-0.15, -0.1) is 10.2 Å². The first kappa shape index (κ1) is 15.2. The van der Waals surface area contributed by atoms with Gasteiger partial charge in [0.05, 0.1) is 12.2 Å². The average molecular weight is 301 g/mol. The number of aliphatic hydroxyl groups excluding tert-OH is 1. The van der Waals surface area contributed by atoms with Gasteiger partial charge in [-0.2, -0.15) is 0 Å². The van der Waals surface area contributed by atoms with E-state index in [1.54, 1.807) is 18.2 Å². The molecule has 2 N–H and O–H groups in total. The zero-order chi connectivity index (χ0) is 15.1. The predicted molar refractivity (Wildman–Crippen MR) is 82.3 cm³/mol. The molecule has 0 aliphatic carbocycles. The number of anilines is 1. The van der Waals surface area contributed by atoms with Crippen LogP contribution in [0.25, 0.3) is 0 Å². The second-order valence-corrected chi connectivity index (χ2v) is 5.19. The molecule has 0 fully saturated rings. The maximum atomic E-state index is 12.3. The molecule has 0 unspecified atom stereocenters. The Balaban J connectivity index is 2.17. The van der Waals surface area contributed by atoms with E-state index in [4.69, 9.17) is 5.11 Å². The van der Waals surface area contributed by atoms with Crippen molar-refractivity contribution in [3.05, 3.63) is 40.4 Å². The minimum absolute atomic E-state index is 0.00590. The molecule has 1 amide bonds. The van der Waals surface area contributed by atoms with Crippen molar-refractivity contribution in [2.24, 2.45) is 0 Å². The highest BCUT2D eigenvalue weighted by molar-refractivity contribution is 7.15. The van der Waals surface area contributed by atoms with Crippen LogP contribution in [0.2, 0.25) is 0 Å². The van der Waals surface area contributed by atoms with Crippen LogP contribution in [0, 0.1) is 11.8 Å². The molecule has 0 spiro atoms. The third kappa shape index (κ3) is 4.12. The molecule has 2 aromatic rings. The molecule has 0 aliphatic rings. The van der Waals surface area contributed by atoms with Crippen LogP contribution in [0.1, 0.15) is 34.3 Å². The molecule has 0 bridgehead atoms. The Hall–Kier alpha value is -2.23. The smallest absolute Gasteiger partial charge is 0.258 e. The van der Waals surface area contributed by atoms with Crippen LogP contribution in [0.3, 0.4) is 0 Å². The van der Waals surface area contributed by atoms with Gasteiger partial charge in [-0.05, 0) is 18.6 Å². The van der Waals surface area contributed by atoms with Gasteiger partial charge in [0.15, 0.2) is 0 Å². The van der Waals surface area contributed by atoms with Gasteiger partial charge in [0.25, 0.3) is 5.91 Å². The molecule has 0 radical (unpaired) electrons. The van der Waals surface area contributed by atoms with Crippen molar-refractivity contribution >= 4 is 22.4 Å². The summed E-state index contributed by atoms with van der Waals surface area (Å²) in [6, 6.07) is 7.08. The second-order valence-electron chi connectivity index (χ2n) is 4.13. The maximum absolute atomic E-state index is 12.3. The molecule has 1 aromatic carbocycles. The Morgan fingerprint density at radius 3 is 2.90 bits per heavy atom. The molecule has 0 saturated carbocycles. The van der Waals surface area contributed by atoms with E-state index in [-0.39, 0.29) is 12.5 Å². The minimum Gasteiger partial charge on any atom is -0.395 e. The van der Waals surface area contributed by atoms with Crippen LogP contribution < -0.4 is 5.32 Å². The predicted octanol–water partition coefficient (Wildman–Crippen LogP) is 2.09. The third-order valence-electron chi connectivity index (χ3n) is 2.62. The van der Waals surface area contributed by atoms with Crippen molar-refractivity contribution in [3.8, 4) is 11.8 Å². The number of hydrogen-bond acceptors (Lipinski definition) is 5. The largest absolute Gasteiger partial charge is 0.395 e. The van der Waals surface area contributed by atoms with Crippen molar-refractivity contribution < 1.29 is 9.90 Å². The number of nitrogens with zero attached hydrogens (tertiary/aromatic N) is 2. The van der Waals surface area contributed by atoms with E-state index in [0.717, 1.165) is 11.4 Å². The molecule has 0 saturated heterocycles. The van der Waals surface area contributed by atoms with E-state index < -0.39 is 0 Å². The van der Waals surface area contributed by atoms with E-state index in [1.165, 1.54) is 11.3 Å². The number of aromatic nitrogens is 2.